The highest BCUT2D eigenvalue weighted by molar-refractivity contribution is 5.97. The molecule has 1 aromatic carbocycles. The summed E-state index contributed by atoms with van der Waals surface area (Å²) in [5, 5.41) is 2.49. The van der Waals surface area contributed by atoms with Gasteiger partial charge < -0.3 is 15.0 Å². The normalized spacial score (nSPS) is 14.9. The van der Waals surface area contributed by atoms with Crippen molar-refractivity contribution in [2.75, 3.05) is 18.0 Å². The summed E-state index contributed by atoms with van der Waals surface area (Å²) in [6.07, 6.45) is -0.914. The van der Waals surface area contributed by atoms with Crippen LogP contribution in [-0.4, -0.2) is 36.9 Å². The zero-order valence-corrected chi connectivity index (χ0v) is 18.1. The monoisotopic (exact) mass is 438 g/mol. The molecular formula is C23H29F3N2O3. The van der Waals surface area contributed by atoms with Crippen molar-refractivity contribution >= 4 is 17.7 Å². The van der Waals surface area contributed by atoms with Crippen LogP contribution in [0.2, 0.25) is 0 Å². The van der Waals surface area contributed by atoms with E-state index in [0.717, 1.165) is 37.0 Å². The van der Waals surface area contributed by atoms with Crippen molar-refractivity contribution in [3.05, 3.63) is 29.8 Å². The van der Waals surface area contributed by atoms with Crippen LogP contribution in [0.15, 0.2) is 24.3 Å². The zero-order valence-electron chi connectivity index (χ0n) is 18.1. The maximum atomic E-state index is 13.2. The molecule has 0 aliphatic heterocycles. The minimum absolute atomic E-state index is 0.0202. The lowest BCUT2D eigenvalue weighted by Crippen LogP contribution is -2.44. The van der Waals surface area contributed by atoms with Crippen molar-refractivity contribution in [3.8, 4) is 11.8 Å². The van der Waals surface area contributed by atoms with E-state index in [9.17, 15) is 22.8 Å². The van der Waals surface area contributed by atoms with Gasteiger partial charge in [-0.25, -0.2) is 4.79 Å². The van der Waals surface area contributed by atoms with E-state index in [4.69, 9.17) is 4.74 Å². The molecule has 1 saturated carbocycles. The molecule has 0 unspecified atom stereocenters. The Morgan fingerprint density at radius 2 is 1.84 bits per heavy atom. The van der Waals surface area contributed by atoms with Gasteiger partial charge in [0.05, 0.1) is 6.54 Å². The highest BCUT2D eigenvalue weighted by Crippen LogP contribution is 2.30. The fourth-order valence-corrected chi connectivity index (χ4v) is 3.41. The van der Waals surface area contributed by atoms with Crippen molar-refractivity contribution in [2.45, 2.75) is 64.7 Å². The molecule has 31 heavy (non-hydrogen) atoms. The Morgan fingerprint density at radius 3 is 2.45 bits per heavy atom. The van der Waals surface area contributed by atoms with Gasteiger partial charge in [0, 0.05) is 17.8 Å². The van der Waals surface area contributed by atoms with Gasteiger partial charge in [0.1, 0.15) is 5.60 Å². The van der Waals surface area contributed by atoms with Gasteiger partial charge >= 0.3 is 18.2 Å². The molecule has 1 aromatic rings. The first-order valence-electron chi connectivity index (χ1n) is 10.4. The predicted octanol–water partition coefficient (Wildman–Crippen LogP) is 5.04. The second kappa shape index (κ2) is 10.6. The van der Waals surface area contributed by atoms with Crippen molar-refractivity contribution in [2.24, 2.45) is 5.92 Å². The Balaban J connectivity index is 2.11. The molecule has 1 aliphatic carbocycles. The summed E-state index contributed by atoms with van der Waals surface area (Å²) in [4.78, 5) is 24.5. The second-order valence-corrected chi connectivity index (χ2v) is 8.63. The minimum atomic E-state index is -4.95. The average molecular weight is 438 g/mol. The molecule has 0 atom stereocenters. The molecule has 0 spiro atoms. The molecule has 1 fully saturated rings. The summed E-state index contributed by atoms with van der Waals surface area (Å²) in [7, 11) is 0. The summed E-state index contributed by atoms with van der Waals surface area (Å²) in [5.41, 5.74) is -0.00883. The third kappa shape index (κ3) is 8.52. The number of nitrogens with zero attached hydrogens (tertiary/aromatic N) is 1. The Kier molecular flexibility index (Phi) is 8.37. The van der Waals surface area contributed by atoms with Gasteiger partial charge in [-0.1, -0.05) is 37.2 Å². The summed E-state index contributed by atoms with van der Waals surface area (Å²) in [5.74, 6) is 3.72. The van der Waals surface area contributed by atoms with Gasteiger partial charge in [-0.2, -0.15) is 13.2 Å². The second-order valence-electron chi connectivity index (χ2n) is 8.63. The van der Waals surface area contributed by atoms with Crippen molar-refractivity contribution in [3.63, 3.8) is 0 Å². The Labute approximate surface area is 181 Å². The van der Waals surface area contributed by atoms with Gasteiger partial charge in [0.2, 0.25) is 0 Å². The summed E-state index contributed by atoms with van der Waals surface area (Å²) in [6, 6.07) is 6.16. The van der Waals surface area contributed by atoms with E-state index in [1.54, 1.807) is 32.9 Å². The third-order valence-electron chi connectivity index (χ3n) is 4.76. The summed E-state index contributed by atoms with van der Waals surface area (Å²) < 4.78 is 44.7. The van der Waals surface area contributed by atoms with Crippen molar-refractivity contribution in [1.82, 2.24) is 5.32 Å². The van der Waals surface area contributed by atoms with E-state index in [2.05, 4.69) is 17.2 Å². The van der Waals surface area contributed by atoms with Gasteiger partial charge in [-0.3, -0.25) is 4.79 Å². The maximum Gasteiger partial charge on any atom is 0.471 e. The number of hydrogen-bond acceptors (Lipinski definition) is 3. The van der Waals surface area contributed by atoms with E-state index in [1.807, 2.05) is 0 Å². The van der Waals surface area contributed by atoms with Crippen LogP contribution in [0.3, 0.4) is 0 Å². The van der Waals surface area contributed by atoms with Crippen LogP contribution in [0.25, 0.3) is 0 Å². The molecule has 0 heterocycles. The van der Waals surface area contributed by atoms with Crippen LogP contribution >= 0.6 is 0 Å². The highest BCUT2D eigenvalue weighted by atomic mass is 19.4. The number of carbonyl (C=O) groups is 2. The van der Waals surface area contributed by atoms with Crippen molar-refractivity contribution < 1.29 is 27.5 Å². The number of alkyl carbamates (subject to hydrolysis) is 1. The number of amides is 2. The number of halogens is 3. The number of carbonyl (C=O) groups excluding carboxylic acids is 2. The molecule has 0 bridgehead atoms. The molecule has 170 valence electrons. The number of rotatable bonds is 4. The van der Waals surface area contributed by atoms with Crippen LogP contribution in [-0.2, 0) is 9.53 Å². The molecular weight excluding hydrogens is 409 g/mol. The van der Waals surface area contributed by atoms with E-state index in [-0.39, 0.29) is 24.7 Å². The van der Waals surface area contributed by atoms with Gasteiger partial charge in [-0.15, -0.1) is 0 Å². The fourth-order valence-electron chi connectivity index (χ4n) is 3.41. The number of nitrogens with one attached hydrogen (secondary N) is 1. The zero-order chi connectivity index (χ0) is 23.1. The number of benzene rings is 1. The number of anilines is 1. The topological polar surface area (TPSA) is 58.6 Å². The first-order valence-corrected chi connectivity index (χ1v) is 10.4. The molecule has 0 radical (unpaired) electrons. The van der Waals surface area contributed by atoms with Crippen molar-refractivity contribution in [1.29, 1.82) is 0 Å². The van der Waals surface area contributed by atoms with E-state index < -0.39 is 23.8 Å². The van der Waals surface area contributed by atoms with E-state index >= 15 is 0 Å². The number of alkyl halides is 3. The van der Waals surface area contributed by atoms with Crippen LogP contribution in [0.5, 0.6) is 0 Å². The Hall–Kier alpha value is -2.69. The number of ether oxygens (including phenoxy) is 1. The van der Waals surface area contributed by atoms with Crippen LogP contribution in [0.1, 0.15) is 58.4 Å². The molecule has 2 rings (SSSR count). The minimum Gasteiger partial charge on any atom is -0.444 e. The largest absolute Gasteiger partial charge is 0.471 e. The molecule has 1 aliphatic rings. The third-order valence-corrected chi connectivity index (χ3v) is 4.76. The summed E-state index contributed by atoms with van der Waals surface area (Å²) >= 11 is 0. The quantitative estimate of drug-likeness (QED) is 0.670. The SMILES string of the molecule is CC(C)(C)OC(=O)NCC#Cc1cccc(N(CC2CCCCC2)C(=O)C(F)(F)F)c1. The standard InChI is InChI=1S/C23H29F3N2O3/c1-22(2,3)31-21(30)27-14-8-12-17-11-7-13-19(15-17)28(20(29)23(24,25)26)16-18-9-5-4-6-10-18/h7,11,13,15,18H,4-6,9-10,14,16H2,1-3H3,(H,27,30). The molecule has 0 aromatic heterocycles. The molecule has 1 N–H and O–H groups in total. The van der Waals surface area contributed by atoms with Crippen LogP contribution < -0.4 is 10.2 Å². The Bertz CT molecular complexity index is 829. The lowest BCUT2D eigenvalue weighted by molar-refractivity contribution is -0.170. The molecule has 5 nitrogen and oxygen atoms in total. The molecule has 8 heteroatoms. The smallest absolute Gasteiger partial charge is 0.444 e. The Morgan fingerprint density at radius 1 is 1.16 bits per heavy atom. The van der Waals surface area contributed by atoms with Gasteiger partial charge in [-0.05, 0) is 57.7 Å². The highest BCUT2D eigenvalue weighted by Gasteiger charge is 2.43. The van der Waals surface area contributed by atoms with Gasteiger partial charge in [0.25, 0.3) is 0 Å². The first kappa shape index (κ1) is 24.6. The van der Waals surface area contributed by atoms with Gasteiger partial charge in [0.15, 0.2) is 0 Å². The lowest BCUT2D eigenvalue weighted by atomic mass is 9.88. The summed E-state index contributed by atoms with van der Waals surface area (Å²) in [6.45, 7) is 5.28. The molecule has 0 saturated heterocycles. The van der Waals surface area contributed by atoms with Crippen LogP contribution in [0.4, 0.5) is 23.7 Å². The fraction of sp³-hybridized carbons (Fsp3) is 0.565. The maximum absolute atomic E-state index is 13.2. The first-order chi connectivity index (χ1) is 14.5. The predicted molar refractivity (Wildman–Crippen MR) is 113 cm³/mol. The number of hydrogen-bond donors (Lipinski definition) is 1. The van der Waals surface area contributed by atoms with E-state index in [0.29, 0.717) is 5.56 Å². The lowest BCUT2D eigenvalue weighted by Gasteiger charge is -2.30. The van der Waals surface area contributed by atoms with E-state index in [1.165, 1.54) is 12.1 Å². The van der Waals surface area contributed by atoms with Crippen LogP contribution in [0, 0.1) is 17.8 Å². The average Bonchev–Trinajstić information content (AvgIpc) is 2.68. The molecule has 2 amide bonds.